The fourth-order valence-corrected chi connectivity index (χ4v) is 6.20. The molecule has 7 atom stereocenters. The van der Waals surface area contributed by atoms with Crippen LogP contribution in [0, 0.1) is 0 Å². The number of aromatic hydroxyl groups is 5. The molecule has 0 saturated carbocycles. The molecule has 9 N–H and O–H groups in total. The van der Waals surface area contributed by atoms with Crippen LogP contribution in [0.4, 0.5) is 0 Å². The maximum absolute atomic E-state index is 10.9. The highest BCUT2D eigenvalue weighted by Gasteiger charge is 2.47. The van der Waals surface area contributed by atoms with Crippen LogP contribution in [0.25, 0.3) is 11.6 Å². The molecule has 1 fully saturated rings. The van der Waals surface area contributed by atoms with Gasteiger partial charge in [0.25, 0.3) is 0 Å². The minimum absolute atomic E-state index is 0.0278. The van der Waals surface area contributed by atoms with Gasteiger partial charge in [0.15, 0.2) is 0 Å². The molecule has 0 unspecified atom stereocenters. The van der Waals surface area contributed by atoms with Crippen molar-refractivity contribution in [3.63, 3.8) is 0 Å². The third kappa shape index (κ3) is 5.75. The minimum Gasteiger partial charge on any atom is -0.508 e. The predicted molar refractivity (Wildman–Crippen MR) is 161 cm³/mol. The third-order valence-electron chi connectivity index (χ3n) is 8.26. The second-order valence-corrected chi connectivity index (χ2v) is 11.2. The Bertz CT molecular complexity index is 1700. The molecule has 4 aromatic carbocycles. The molecule has 4 aromatic rings. The molecule has 0 amide bonds. The molecule has 0 radical (unpaired) electrons. The average Bonchev–Trinajstić information content (AvgIpc) is 3.32. The van der Waals surface area contributed by atoms with Crippen molar-refractivity contribution in [3.8, 4) is 34.5 Å². The number of allylic oxidation sites excluding steroid dienone is 1. The smallest absolute Gasteiger partial charge is 0.229 e. The summed E-state index contributed by atoms with van der Waals surface area (Å²) in [6, 6.07) is 19.9. The summed E-state index contributed by atoms with van der Waals surface area (Å²) in [6.07, 6.45) is -6.00. The number of rotatable bonds is 6. The molecule has 2 aliphatic rings. The van der Waals surface area contributed by atoms with Gasteiger partial charge in [-0.05, 0) is 70.3 Å². The van der Waals surface area contributed by atoms with Gasteiger partial charge in [0.05, 0.1) is 6.61 Å². The van der Waals surface area contributed by atoms with Gasteiger partial charge < -0.3 is 55.4 Å². The van der Waals surface area contributed by atoms with E-state index in [1.54, 1.807) is 24.3 Å². The summed E-state index contributed by atoms with van der Waals surface area (Å²) in [4.78, 5) is 0. The van der Waals surface area contributed by atoms with Crippen molar-refractivity contribution in [2.75, 3.05) is 6.61 Å². The summed E-state index contributed by atoms with van der Waals surface area (Å²) < 4.78 is 11.7. The number of fused-ring (bicyclic) bond motifs is 1. The number of hydrogen-bond donors (Lipinski definition) is 9. The van der Waals surface area contributed by atoms with E-state index in [-0.39, 0.29) is 34.5 Å². The molecular formula is C34H32O11. The van der Waals surface area contributed by atoms with Crippen molar-refractivity contribution >= 4 is 11.6 Å². The lowest BCUT2D eigenvalue weighted by Crippen LogP contribution is -2.60. The van der Waals surface area contributed by atoms with Gasteiger partial charge in [0.1, 0.15) is 58.9 Å². The molecule has 0 aromatic heterocycles. The van der Waals surface area contributed by atoms with E-state index in [0.717, 1.165) is 5.56 Å². The van der Waals surface area contributed by atoms with Crippen molar-refractivity contribution in [1.29, 1.82) is 0 Å². The first-order chi connectivity index (χ1) is 21.5. The Kier molecular flexibility index (Phi) is 8.04. The first-order valence-electron chi connectivity index (χ1n) is 14.2. The molecule has 1 saturated heterocycles. The fourth-order valence-electron chi connectivity index (χ4n) is 6.20. The minimum atomic E-state index is -1.73. The summed E-state index contributed by atoms with van der Waals surface area (Å²) in [7, 11) is 0. The lowest BCUT2D eigenvalue weighted by atomic mass is 9.79. The van der Waals surface area contributed by atoms with Crippen molar-refractivity contribution in [3.05, 3.63) is 107 Å². The van der Waals surface area contributed by atoms with Crippen LogP contribution in [0.3, 0.4) is 0 Å². The monoisotopic (exact) mass is 616 g/mol. The SMILES string of the molecule is OC[C@H]1O[C@@H](Oc2cc(O)cc3c2[C@H](c2cc(O)cc(O)c2)[C@@H](c2ccc(O)cc2)/C3=C/c2ccc(O)cc2)[C@H](O)[C@@H](O)[C@@H]1O. The molecule has 1 heterocycles. The van der Waals surface area contributed by atoms with Gasteiger partial charge in [-0.15, -0.1) is 0 Å². The number of ether oxygens (including phenoxy) is 2. The Labute approximate surface area is 257 Å². The van der Waals surface area contributed by atoms with Crippen LogP contribution >= 0.6 is 0 Å². The molecule has 1 aliphatic carbocycles. The Hall–Kier alpha value is -4.78. The zero-order valence-corrected chi connectivity index (χ0v) is 23.7. The first-order valence-corrected chi connectivity index (χ1v) is 14.2. The van der Waals surface area contributed by atoms with Crippen LogP contribution in [0.2, 0.25) is 0 Å². The quantitative estimate of drug-likeness (QED) is 0.154. The van der Waals surface area contributed by atoms with Crippen LogP contribution in [0.1, 0.15) is 39.7 Å². The van der Waals surface area contributed by atoms with E-state index in [1.165, 1.54) is 54.6 Å². The Morgan fingerprint density at radius 1 is 0.622 bits per heavy atom. The van der Waals surface area contributed by atoms with Gasteiger partial charge in [0.2, 0.25) is 6.29 Å². The second-order valence-electron chi connectivity index (χ2n) is 11.2. The van der Waals surface area contributed by atoms with Crippen molar-refractivity contribution < 1.29 is 55.4 Å². The van der Waals surface area contributed by atoms with Crippen molar-refractivity contribution in [2.45, 2.75) is 42.5 Å². The number of phenols is 5. The summed E-state index contributed by atoms with van der Waals surface area (Å²) in [5, 5.41) is 93.0. The molecule has 1 aliphatic heterocycles. The lowest BCUT2D eigenvalue weighted by Gasteiger charge is -2.40. The molecule has 11 heteroatoms. The van der Waals surface area contributed by atoms with Gasteiger partial charge >= 0.3 is 0 Å². The van der Waals surface area contributed by atoms with E-state index in [2.05, 4.69) is 0 Å². The topological polar surface area (TPSA) is 201 Å². The number of benzene rings is 4. The highest BCUT2D eigenvalue weighted by Crippen LogP contribution is 2.59. The van der Waals surface area contributed by atoms with Gasteiger partial charge in [-0.3, -0.25) is 0 Å². The number of aliphatic hydroxyl groups is 4. The Morgan fingerprint density at radius 2 is 1.22 bits per heavy atom. The summed E-state index contributed by atoms with van der Waals surface area (Å²) in [6.45, 7) is -0.670. The first kappa shape index (κ1) is 30.3. The van der Waals surface area contributed by atoms with Gasteiger partial charge in [-0.1, -0.05) is 30.3 Å². The van der Waals surface area contributed by atoms with Crippen LogP contribution < -0.4 is 4.74 Å². The van der Waals surface area contributed by atoms with Crippen molar-refractivity contribution in [1.82, 2.24) is 0 Å². The van der Waals surface area contributed by atoms with Crippen LogP contribution in [0.15, 0.2) is 78.9 Å². The largest absolute Gasteiger partial charge is 0.508 e. The van der Waals surface area contributed by atoms with E-state index in [9.17, 15) is 46.0 Å². The van der Waals surface area contributed by atoms with Crippen LogP contribution in [-0.2, 0) is 4.74 Å². The zero-order valence-electron chi connectivity index (χ0n) is 23.7. The molecule has 0 spiro atoms. The molecule has 0 bridgehead atoms. The number of phenolic OH excluding ortho intramolecular Hbond substituents is 5. The van der Waals surface area contributed by atoms with E-state index < -0.39 is 49.1 Å². The highest BCUT2D eigenvalue weighted by atomic mass is 16.7. The van der Waals surface area contributed by atoms with Gasteiger partial charge in [0, 0.05) is 29.5 Å². The van der Waals surface area contributed by atoms with E-state index >= 15 is 0 Å². The number of hydrogen-bond acceptors (Lipinski definition) is 11. The van der Waals surface area contributed by atoms with E-state index in [1.807, 2.05) is 6.08 Å². The molecule has 234 valence electrons. The Morgan fingerprint density at radius 3 is 1.84 bits per heavy atom. The zero-order chi connectivity index (χ0) is 32.0. The maximum Gasteiger partial charge on any atom is 0.229 e. The van der Waals surface area contributed by atoms with Crippen LogP contribution in [0.5, 0.6) is 34.5 Å². The molecular weight excluding hydrogens is 584 g/mol. The summed E-state index contributed by atoms with van der Waals surface area (Å²) in [5.74, 6) is -1.76. The molecule has 11 nitrogen and oxygen atoms in total. The second kappa shape index (κ2) is 12.0. The average molecular weight is 617 g/mol. The van der Waals surface area contributed by atoms with Crippen LogP contribution in [-0.4, -0.2) is 83.3 Å². The fraction of sp³-hybridized carbons (Fsp3) is 0.235. The molecule has 6 rings (SSSR count). The normalized spacial score (nSPS) is 26.9. The standard InChI is InChI=1S/C34H32O11/c35-15-27-31(41)32(42)33(43)34(45-27)44-26-14-23(40)13-25-24(9-16-1-5-19(36)6-2-16)28(17-3-7-20(37)8-4-17)29(30(25)26)18-10-21(38)12-22(39)11-18/h1-14,27-29,31-43H,15H2/b24-9+/t27-,28+,29-,31-,32+,33-,34-/m1/s1. The Balaban J connectivity index is 1.59. The van der Waals surface area contributed by atoms with Gasteiger partial charge in [-0.25, -0.2) is 0 Å². The van der Waals surface area contributed by atoms with Crippen molar-refractivity contribution in [2.24, 2.45) is 0 Å². The van der Waals surface area contributed by atoms with Gasteiger partial charge in [-0.2, -0.15) is 0 Å². The maximum atomic E-state index is 10.9. The summed E-state index contributed by atoms with van der Waals surface area (Å²) >= 11 is 0. The number of aliphatic hydroxyl groups excluding tert-OH is 4. The predicted octanol–water partition coefficient (Wildman–Crippen LogP) is 2.86. The van der Waals surface area contributed by atoms with E-state index in [4.69, 9.17) is 9.47 Å². The third-order valence-corrected chi connectivity index (χ3v) is 8.26. The highest BCUT2D eigenvalue weighted by molar-refractivity contribution is 5.93. The lowest BCUT2D eigenvalue weighted by molar-refractivity contribution is -0.277. The summed E-state index contributed by atoms with van der Waals surface area (Å²) in [5.41, 5.74) is 3.54. The van der Waals surface area contributed by atoms with E-state index in [0.29, 0.717) is 27.8 Å². The molecule has 45 heavy (non-hydrogen) atoms.